The van der Waals surface area contributed by atoms with Gasteiger partial charge in [-0.05, 0) is 61.4 Å². The van der Waals surface area contributed by atoms with E-state index in [2.05, 4.69) is 40.7 Å². The predicted molar refractivity (Wildman–Crippen MR) is 131 cm³/mol. The number of para-hydroxylation sites is 2. The van der Waals surface area contributed by atoms with Crippen LogP contribution in [-0.2, 0) is 13.2 Å². The van der Waals surface area contributed by atoms with E-state index in [1.807, 2.05) is 24.3 Å². The van der Waals surface area contributed by atoms with Crippen molar-refractivity contribution in [2.75, 3.05) is 0 Å². The van der Waals surface area contributed by atoms with Crippen LogP contribution in [0.2, 0.25) is 5.02 Å². The average Bonchev–Trinajstić information content (AvgIpc) is 3.43. The number of fused-ring (bicyclic) bond motifs is 4. The zero-order chi connectivity index (χ0) is 23.2. The molecule has 0 saturated heterocycles. The first-order valence-corrected chi connectivity index (χ1v) is 11.3. The third-order valence-corrected chi connectivity index (χ3v) is 6.13. The van der Waals surface area contributed by atoms with E-state index in [4.69, 9.17) is 30.7 Å². The fourth-order valence-electron chi connectivity index (χ4n) is 4.27. The van der Waals surface area contributed by atoms with Crippen molar-refractivity contribution in [3.63, 3.8) is 0 Å². The molecule has 0 radical (unpaired) electrons. The van der Waals surface area contributed by atoms with E-state index in [-0.39, 0.29) is 6.61 Å². The number of rotatable bonds is 5. The number of ether oxygens (including phenoxy) is 1. The van der Waals surface area contributed by atoms with Crippen LogP contribution in [0.3, 0.4) is 0 Å². The summed E-state index contributed by atoms with van der Waals surface area (Å²) in [5.41, 5.74) is 6.74. The molecule has 7 nitrogen and oxygen atoms in total. The lowest BCUT2D eigenvalue weighted by Gasteiger charge is -2.07. The molecular weight excluding hydrogens is 450 g/mol. The molecule has 6 aromatic rings. The molecule has 0 amide bonds. The number of hydrogen-bond acceptors (Lipinski definition) is 6. The molecule has 8 heteroatoms. The van der Waals surface area contributed by atoms with Crippen molar-refractivity contribution in [3.8, 4) is 5.75 Å². The zero-order valence-corrected chi connectivity index (χ0v) is 19.4. The highest BCUT2D eigenvalue weighted by atomic mass is 35.5. The van der Waals surface area contributed by atoms with Gasteiger partial charge in [-0.25, -0.2) is 9.97 Å². The third-order valence-electron chi connectivity index (χ3n) is 5.88. The normalized spacial score (nSPS) is 11.6. The molecule has 0 aliphatic carbocycles. The lowest BCUT2D eigenvalue weighted by Crippen LogP contribution is -2.02. The fraction of sp³-hybridized carbons (Fsp3) is 0.154. The summed E-state index contributed by atoms with van der Waals surface area (Å²) >= 11 is 5.93. The number of aromatic nitrogens is 5. The Morgan fingerprint density at radius 3 is 2.35 bits per heavy atom. The molecule has 34 heavy (non-hydrogen) atoms. The van der Waals surface area contributed by atoms with Gasteiger partial charge < -0.3 is 13.7 Å². The van der Waals surface area contributed by atoms with Gasteiger partial charge in [-0.1, -0.05) is 35.9 Å². The minimum atomic E-state index is 0.171. The lowest BCUT2D eigenvalue weighted by molar-refractivity contribution is 0.258. The predicted octanol–water partition coefficient (Wildman–Crippen LogP) is 6.02. The van der Waals surface area contributed by atoms with Crippen molar-refractivity contribution in [2.24, 2.45) is 0 Å². The molecule has 0 spiro atoms. The summed E-state index contributed by atoms with van der Waals surface area (Å²) in [7, 11) is 0. The number of aryl methyl sites for hydroxylation is 2. The van der Waals surface area contributed by atoms with E-state index in [9.17, 15) is 0 Å². The van der Waals surface area contributed by atoms with Crippen molar-refractivity contribution in [2.45, 2.75) is 27.0 Å². The Bertz CT molecular complexity index is 1670. The Morgan fingerprint density at radius 2 is 1.56 bits per heavy atom. The van der Waals surface area contributed by atoms with Crippen LogP contribution in [0.15, 0.2) is 65.1 Å². The molecule has 3 aromatic carbocycles. The molecule has 3 aromatic heterocycles. The van der Waals surface area contributed by atoms with Crippen LogP contribution in [0.4, 0.5) is 0 Å². The first-order chi connectivity index (χ1) is 16.6. The smallest absolute Gasteiger partial charge is 0.253 e. The molecule has 0 aliphatic heterocycles. The first kappa shape index (κ1) is 20.6. The van der Waals surface area contributed by atoms with E-state index in [0.29, 0.717) is 29.1 Å². The SMILES string of the molecule is Cc1ccc(C)c2c1c1nc3ccccc3nc1n2Cc1nnc(COc2ccc(Cl)cc2)o1. The molecule has 3 heterocycles. The summed E-state index contributed by atoms with van der Waals surface area (Å²) in [6.45, 7) is 4.74. The van der Waals surface area contributed by atoms with Crippen LogP contribution in [0.5, 0.6) is 5.75 Å². The highest BCUT2D eigenvalue weighted by Gasteiger charge is 2.20. The summed E-state index contributed by atoms with van der Waals surface area (Å²) in [6, 6.07) is 19.3. The molecule has 168 valence electrons. The van der Waals surface area contributed by atoms with Gasteiger partial charge in [0.05, 0.1) is 16.6 Å². The standard InChI is InChI=1S/C26H20ClN5O2/c1-15-7-8-16(2)25-23(15)24-26(29-20-6-4-3-5-19(20)28-24)32(25)13-21-30-31-22(34-21)14-33-18-11-9-17(27)10-12-18/h3-12H,13-14H2,1-2H3. The third kappa shape index (κ3) is 3.54. The van der Waals surface area contributed by atoms with Crippen molar-refractivity contribution in [1.29, 1.82) is 0 Å². The van der Waals surface area contributed by atoms with Crippen molar-refractivity contribution in [3.05, 3.63) is 88.6 Å². The van der Waals surface area contributed by atoms with Gasteiger partial charge in [-0.15, -0.1) is 10.2 Å². The molecule has 6 rings (SSSR count). The van der Waals surface area contributed by atoms with Crippen LogP contribution < -0.4 is 4.74 Å². The van der Waals surface area contributed by atoms with Crippen LogP contribution >= 0.6 is 11.6 Å². The second-order valence-electron chi connectivity index (χ2n) is 8.23. The topological polar surface area (TPSA) is 78.9 Å². The van der Waals surface area contributed by atoms with E-state index in [1.165, 1.54) is 0 Å². The van der Waals surface area contributed by atoms with Crippen LogP contribution in [0, 0.1) is 13.8 Å². The van der Waals surface area contributed by atoms with Gasteiger partial charge in [-0.2, -0.15) is 0 Å². The molecule has 0 bridgehead atoms. The van der Waals surface area contributed by atoms with Crippen molar-refractivity contribution in [1.82, 2.24) is 24.7 Å². The highest BCUT2D eigenvalue weighted by Crippen LogP contribution is 2.33. The van der Waals surface area contributed by atoms with Crippen LogP contribution in [0.1, 0.15) is 22.9 Å². The zero-order valence-electron chi connectivity index (χ0n) is 18.6. The molecular formula is C26H20ClN5O2. The first-order valence-electron chi connectivity index (χ1n) is 10.9. The minimum Gasteiger partial charge on any atom is -0.484 e. The molecule has 0 N–H and O–H groups in total. The molecule has 0 fully saturated rings. The maximum absolute atomic E-state index is 5.93. The van der Waals surface area contributed by atoms with E-state index >= 15 is 0 Å². The van der Waals surface area contributed by atoms with Crippen LogP contribution in [-0.4, -0.2) is 24.7 Å². The van der Waals surface area contributed by atoms with Gasteiger partial charge in [0.25, 0.3) is 5.89 Å². The Morgan fingerprint density at radius 1 is 0.853 bits per heavy atom. The van der Waals surface area contributed by atoms with E-state index in [0.717, 1.165) is 44.2 Å². The van der Waals surface area contributed by atoms with Gasteiger partial charge in [0, 0.05) is 10.4 Å². The number of halogens is 1. The molecule has 0 unspecified atom stereocenters. The quantitative estimate of drug-likeness (QED) is 0.307. The lowest BCUT2D eigenvalue weighted by atomic mass is 10.1. The minimum absolute atomic E-state index is 0.171. The second-order valence-corrected chi connectivity index (χ2v) is 8.66. The summed E-state index contributed by atoms with van der Waals surface area (Å²) < 4.78 is 13.8. The van der Waals surface area contributed by atoms with E-state index in [1.54, 1.807) is 24.3 Å². The van der Waals surface area contributed by atoms with Crippen molar-refractivity contribution < 1.29 is 9.15 Å². The van der Waals surface area contributed by atoms with Gasteiger partial charge in [0.2, 0.25) is 5.89 Å². The fourth-order valence-corrected chi connectivity index (χ4v) is 4.40. The van der Waals surface area contributed by atoms with Gasteiger partial charge in [0.15, 0.2) is 12.3 Å². The summed E-state index contributed by atoms with van der Waals surface area (Å²) in [6.07, 6.45) is 0. The van der Waals surface area contributed by atoms with Gasteiger partial charge in [0.1, 0.15) is 17.8 Å². The van der Waals surface area contributed by atoms with Crippen molar-refractivity contribution >= 4 is 44.7 Å². The van der Waals surface area contributed by atoms with E-state index < -0.39 is 0 Å². The maximum atomic E-state index is 5.93. The summed E-state index contributed by atoms with van der Waals surface area (Å²) in [4.78, 5) is 9.92. The largest absolute Gasteiger partial charge is 0.484 e. The number of benzene rings is 3. The molecule has 0 atom stereocenters. The second kappa shape index (κ2) is 8.11. The summed E-state index contributed by atoms with van der Waals surface area (Å²) in [5.74, 6) is 1.55. The molecule has 0 saturated carbocycles. The number of hydrogen-bond donors (Lipinski definition) is 0. The van der Waals surface area contributed by atoms with Gasteiger partial charge >= 0.3 is 0 Å². The monoisotopic (exact) mass is 469 g/mol. The Hall–Kier alpha value is -3.97. The Kier molecular flexibility index (Phi) is 4.92. The highest BCUT2D eigenvalue weighted by molar-refractivity contribution is 6.30. The van der Waals surface area contributed by atoms with Gasteiger partial charge in [-0.3, -0.25) is 0 Å². The average molecular weight is 470 g/mol. The Labute approximate surface area is 200 Å². The van der Waals surface area contributed by atoms with Crippen LogP contribution in [0.25, 0.3) is 33.1 Å². The maximum Gasteiger partial charge on any atom is 0.253 e. The number of nitrogens with zero attached hydrogens (tertiary/aromatic N) is 5. The Balaban J connectivity index is 1.40. The summed E-state index contributed by atoms with van der Waals surface area (Å²) in [5, 5.41) is 10.2. The molecule has 0 aliphatic rings.